The van der Waals surface area contributed by atoms with Crippen LogP contribution in [0.2, 0.25) is 0 Å². The summed E-state index contributed by atoms with van der Waals surface area (Å²) in [5.41, 5.74) is 5.81. The second-order valence-electron chi connectivity index (χ2n) is 3.23. The molecule has 14 heavy (non-hydrogen) atoms. The molecule has 0 bridgehead atoms. The summed E-state index contributed by atoms with van der Waals surface area (Å²) >= 11 is 0. The van der Waals surface area contributed by atoms with Crippen molar-refractivity contribution < 1.29 is 14.0 Å². The fraction of sp³-hybridized carbons (Fsp3) is 0.750. The molecule has 0 spiro atoms. The van der Waals surface area contributed by atoms with Crippen molar-refractivity contribution in [2.24, 2.45) is 5.73 Å². The maximum absolute atomic E-state index is 5.81. The molecule has 1 saturated heterocycles. The van der Waals surface area contributed by atoms with Gasteiger partial charge in [0.25, 0.3) is 5.89 Å². The zero-order valence-electron chi connectivity index (χ0n) is 7.97. The van der Waals surface area contributed by atoms with Crippen molar-refractivity contribution >= 4 is 0 Å². The summed E-state index contributed by atoms with van der Waals surface area (Å²) < 4.78 is 15.3. The fourth-order valence-corrected chi connectivity index (χ4v) is 1.43. The monoisotopic (exact) mass is 199 g/mol. The van der Waals surface area contributed by atoms with Gasteiger partial charge in [0.05, 0.1) is 0 Å². The number of methoxy groups -OCH3 is 1. The van der Waals surface area contributed by atoms with Gasteiger partial charge in [-0.3, -0.25) is 0 Å². The first kappa shape index (κ1) is 9.57. The highest BCUT2D eigenvalue weighted by Crippen LogP contribution is 2.26. The molecule has 1 aliphatic heterocycles. The molecule has 1 aromatic rings. The van der Waals surface area contributed by atoms with Gasteiger partial charge in [-0.2, -0.15) is 4.98 Å². The van der Waals surface area contributed by atoms with Crippen LogP contribution in [0.5, 0.6) is 0 Å². The molecule has 2 N–H and O–H groups in total. The van der Waals surface area contributed by atoms with E-state index in [2.05, 4.69) is 10.1 Å². The van der Waals surface area contributed by atoms with Crippen LogP contribution in [0.1, 0.15) is 24.2 Å². The van der Waals surface area contributed by atoms with Crippen molar-refractivity contribution in [2.45, 2.75) is 25.2 Å². The lowest BCUT2D eigenvalue weighted by molar-refractivity contribution is 0.0766. The molecule has 2 rings (SSSR count). The van der Waals surface area contributed by atoms with E-state index in [0.29, 0.717) is 24.9 Å². The fourth-order valence-electron chi connectivity index (χ4n) is 1.43. The summed E-state index contributed by atoms with van der Waals surface area (Å²) in [5.74, 6) is 0.965. The Balaban J connectivity index is 2.08. The molecule has 0 aromatic carbocycles. The first-order valence-electron chi connectivity index (χ1n) is 4.50. The Kier molecular flexibility index (Phi) is 2.76. The topological polar surface area (TPSA) is 83.4 Å². The number of nitrogens with two attached hydrogens (primary N) is 1. The minimum absolute atomic E-state index is 0.0501. The third-order valence-corrected chi connectivity index (χ3v) is 2.14. The van der Waals surface area contributed by atoms with E-state index in [0.717, 1.165) is 6.42 Å². The maximum Gasteiger partial charge on any atom is 0.257 e. The molecule has 0 unspecified atom stereocenters. The summed E-state index contributed by atoms with van der Waals surface area (Å²) in [6.07, 6.45) is 0.570. The van der Waals surface area contributed by atoms with Gasteiger partial charge in [0, 0.05) is 19.8 Å². The van der Waals surface area contributed by atoms with Gasteiger partial charge in [0.2, 0.25) is 0 Å². The van der Waals surface area contributed by atoms with Crippen LogP contribution >= 0.6 is 0 Å². The number of rotatable bonds is 3. The average molecular weight is 199 g/mol. The number of hydrogen-bond acceptors (Lipinski definition) is 6. The Morgan fingerprint density at radius 2 is 2.50 bits per heavy atom. The molecule has 6 nitrogen and oxygen atoms in total. The minimum Gasteiger partial charge on any atom is -0.377 e. The number of hydrogen-bond donors (Lipinski definition) is 1. The van der Waals surface area contributed by atoms with Crippen LogP contribution in [0.25, 0.3) is 0 Å². The van der Waals surface area contributed by atoms with Crippen LogP contribution in [0.15, 0.2) is 4.52 Å². The highest BCUT2D eigenvalue weighted by molar-refractivity contribution is 4.96. The second kappa shape index (κ2) is 4.04. The van der Waals surface area contributed by atoms with E-state index in [1.54, 1.807) is 7.11 Å². The number of aromatic nitrogens is 2. The molecule has 0 amide bonds. The van der Waals surface area contributed by atoms with Crippen LogP contribution in [0.4, 0.5) is 0 Å². The Morgan fingerprint density at radius 3 is 3.14 bits per heavy atom. The first-order chi connectivity index (χ1) is 6.81. The second-order valence-corrected chi connectivity index (χ2v) is 3.23. The Morgan fingerprint density at radius 1 is 1.64 bits per heavy atom. The lowest BCUT2D eigenvalue weighted by Gasteiger charge is -2.07. The maximum atomic E-state index is 5.81. The Bertz CT molecular complexity index is 302. The lowest BCUT2D eigenvalue weighted by Crippen LogP contribution is -2.23. The van der Waals surface area contributed by atoms with E-state index < -0.39 is 0 Å². The van der Waals surface area contributed by atoms with Gasteiger partial charge in [-0.05, 0) is 6.42 Å². The van der Waals surface area contributed by atoms with Crippen molar-refractivity contribution in [3.63, 3.8) is 0 Å². The molecule has 2 atom stereocenters. The standard InChI is InChI=1S/C8H13N3O3/c1-12-4-6-10-8(14-11-6)7-5(9)2-3-13-7/h5,7H,2-4,9H2,1H3/t5-,7+/m0/s1. The van der Waals surface area contributed by atoms with Gasteiger partial charge in [0.1, 0.15) is 6.61 Å². The lowest BCUT2D eigenvalue weighted by atomic mass is 10.1. The quantitative estimate of drug-likeness (QED) is 0.738. The highest BCUT2D eigenvalue weighted by Gasteiger charge is 2.31. The molecule has 1 fully saturated rings. The van der Waals surface area contributed by atoms with Gasteiger partial charge in [0.15, 0.2) is 11.9 Å². The van der Waals surface area contributed by atoms with E-state index in [4.69, 9.17) is 19.7 Å². The summed E-state index contributed by atoms with van der Waals surface area (Å²) in [4.78, 5) is 4.12. The Labute approximate surface area is 81.4 Å². The molecule has 0 saturated carbocycles. The van der Waals surface area contributed by atoms with E-state index in [-0.39, 0.29) is 12.1 Å². The third kappa shape index (κ3) is 1.77. The van der Waals surface area contributed by atoms with Crippen LogP contribution in [-0.2, 0) is 16.1 Å². The summed E-state index contributed by atoms with van der Waals surface area (Å²) in [6.45, 7) is 0.985. The van der Waals surface area contributed by atoms with Crippen molar-refractivity contribution in [1.29, 1.82) is 0 Å². The smallest absolute Gasteiger partial charge is 0.257 e. The molecule has 1 aliphatic rings. The summed E-state index contributed by atoms with van der Waals surface area (Å²) in [5, 5.41) is 3.74. The predicted molar refractivity (Wildman–Crippen MR) is 46.3 cm³/mol. The molecule has 78 valence electrons. The van der Waals surface area contributed by atoms with Crippen molar-refractivity contribution in [3.8, 4) is 0 Å². The van der Waals surface area contributed by atoms with Crippen molar-refractivity contribution in [3.05, 3.63) is 11.7 Å². The largest absolute Gasteiger partial charge is 0.377 e. The van der Waals surface area contributed by atoms with Crippen LogP contribution in [0, 0.1) is 0 Å². The first-order valence-corrected chi connectivity index (χ1v) is 4.50. The zero-order chi connectivity index (χ0) is 9.97. The predicted octanol–water partition coefficient (Wildman–Crippen LogP) is 0.00470. The molecule has 0 radical (unpaired) electrons. The highest BCUT2D eigenvalue weighted by atomic mass is 16.5. The van der Waals surface area contributed by atoms with E-state index in [9.17, 15) is 0 Å². The number of ether oxygens (including phenoxy) is 2. The summed E-state index contributed by atoms with van der Waals surface area (Å²) in [6, 6.07) is -0.0501. The van der Waals surface area contributed by atoms with Crippen LogP contribution in [-0.4, -0.2) is 29.9 Å². The van der Waals surface area contributed by atoms with Crippen LogP contribution < -0.4 is 5.73 Å². The van der Waals surface area contributed by atoms with Gasteiger partial charge < -0.3 is 19.7 Å². The van der Waals surface area contributed by atoms with Crippen molar-refractivity contribution in [1.82, 2.24) is 10.1 Å². The van der Waals surface area contributed by atoms with Crippen LogP contribution in [0.3, 0.4) is 0 Å². The third-order valence-electron chi connectivity index (χ3n) is 2.14. The zero-order valence-corrected chi connectivity index (χ0v) is 7.97. The molecule has 2 heterocycles. The van der Waals surface area contributed by atoms with E-state index >= 15 is 0 Å². The van der Waals surface area contributed by atoms with Gasteiger partial charge in [-0.1, -0.05) is 5.16 Å². The molecular weight excluding hydrogens is 186 g/mol. The molecular formula is C8H13N3O3. The molecule has 1 aromatic heterocycles. The molecule has 6 heteroatoms. The van der Waals surface area contributed by atoms with Gasteiger partial charge in [-0.25, -0.2) is 0 Å². The number of nitrogens with zero attached hydrogens (tertiary/aromatic N) is 2. The SMILES string of the molecule is COCc1noc([C@@H]2OCC[C@@H]2N)n1. The normalized spacial score (nSPS) is 27.0. The van der Waals surface area contributed by atoms with E-state index in [1.807, 2.05) is 0 Å². The summed E-state index contributed by atoms with van der Waals surface area (Å²) in [7, 11) is 1.58. The minimum atomic E-state index is -0.256. The average Bonchev–Trinajstić information content (AvgIpc) is 2.74. The Hall–Kier alpha value is -0.980. The van der Waals surface area contributed by atoms with Crippen molar-refractivity contribution in [2.75, 3.05) is 13.7 Å². The van der Waals surface area contributed by atoms with Gasteiger partial charge >= 0.3 is 0 Å². The van der Waals surface area contributed by atoms with Gasteiger partial charge in [-0.15, -0.1) is 0 Å². The molecule has 0 aliphatic carbocycles. The van der Waals surface area contributed by atoms with E-state index in [1.165, 1.54) is 0 Å².